The molecular weight excluding hydrogens is 306 g/mol. The Morgan fingerprint density at radius 1 is 1.38 bits per heavy atom. The molecule has 1 atom stereocenters. The molecule has 24 heavy (non-hydrogen) atoms. The lowest BCUT2D eigenvalue weighted by molar-refractivity contribution is 0.0237. The van der Waals surface area contributed by atoms with E-state index in [1.807, 2.05) is 33.7 Å². The molecule has 1 saturated heterocycles. The van der Waals surface area contributed by atoms with Crippen LogP contribution in [0.5, 0.6) is 0 Å². The molecule has 4 heterocycles. The highest BCUT2D eigenvalue weighted by Crippen LogP contribution is 2.44. The Kier molecular flexibility index (Phi) is 3.33. The molecule has 1 aliphatic rings. The van der Waals surface area contributed by atoms with Gasteiger partial charge in [-0.15, -0.1) is 10.2 Å². The van der Waals surface area contributed by atoms with E-state index in [2.05, 4.69) is 39.5 Å². The summed E-state index contributed by atoms with van der Waals surface area (Å²) >= 11 is 0. The van der Waals surface area contributed by atoms with Crippen LogP contribution in [0.15, 0.2) is 30.7 Å². The standard InChI is InChI=1S/C16H19N7O/c1-16(2)7-5-9-23(13(16)14-18-20-21-19-14)15(24)12-11-6-3-4-8-22(11)10-17-12/h3-4,6,8,10,13H,5,7,9H2,1-2H3,(H,18,19,20,21). The van der Waals surface area contributed by atoms with Crippen LogP contribution >= 0.6 is 0 Å². The van der Waals surface area contributed by atoms with Crippen molar-refractivity contribution in [3.8, 4) is 0 Å². The van der Waals surface area contributed by atoms with E-state index in [-0.39, 0.29) is 17.4 Å². The van der Waals surface area contributed by atoms with Crippen molar-refractivity contribution in [2.75, 3.05) is 6.54 Å². The molecule has 1 amide bonds. The van der Waals surface area contributed by atoms with E-state index in [0.29, 0.717) is 18.1 Å². The maximum Gasteiger partial charge on any atom is 0.275 e. The Bertz CT molecular complexity index is 868. The molecule has 0 bridgehead atoms. The summed E-state index contributed by atoms with van der Waals surface area (Å²) in [5, 5.41) is 14.5. The Hall–Kier alpha value is -2.77. The second-order valence-corrected chi connectivity index (χ2v) is 6.85. The van der Waals surface area contributed by atoms with Crippen LogP contribution in [0.1, 0.15) is 49.0 Å². The number of nitrogens with one attached hydrogen (secondary N) is 1. The molecule has 124 valence electrons. The molecule has 4 rings (SSSR count). The summed E-state index contributed by atoms with van der Waals surface area (Å²) < 4.78 is 1.85. The van der Waals surface area contributed by atoms with Crippen molar-refractivity contribution in [2.45, 2.75) is 32.7 Å². The van der Waals surface area contributed by atoms with Gasteiger partial charge in [-0.3, -0.25) is 4.79 Å². The maximum atomic E-state index is 13.2. The summed E-state index contributed by atoms with van der Waals surface area (Å²) in [6.45, 7) is 4.94. The fraction of sp³-hybridized carbons (Fsp3) is 0.438. The minimum absolute atomic E-state index is 0.0914. The number of fused-ring (bicyclic) bond motifs is 1. The van der Waals surface area contributed by atoms with Gasteiger partial charge in [0.1, 0.15) is 12.4 Å². The SMILES string of the molecule is CC1(C)CCCN(C(=O)c2ncn3ccccc23)C1c1nn[nH]n1. The van der Waals surface area contributed by atoms with Crippen molar-refractivity contribution in [1.29, 1.82) is 0 Å². The molecule has 8 heteroatoms. The monoisotopic (exact) mass is 325 g/mol. The van der Waals surface area contributed by atoms with Gasteiger partial charge in [-0.2, -0.15) is 5.21 Å². The molecule has 1 unspecified atom stereocenters. The number of pyridine rings is 1. The number of rotatable bonds is 2. The molecule has 8 nitrogen and oxygen atoms in total. The first-order valence-corrected chi connectivity index (χ1v) is 8.04. The van der Waals surface area contributed by atoms with Gasteiger partial charge in [-0.1, -0.05) is 25.1 Å². The first-order valence-electron chi connectivity index (χ1n) is 8.04. The largest absolute Gasteiger partial charge is 0.326 e. The van der Waals surface area contributed by atoms with Gasteiger partial charge in [-0.25, -0.2) is 4.98 Å². The summed E-state index contributed by atoms with van der Waals surface area (Å²) in [6.07, 6.45) is 5.50. The van der Waals surface area contributed by atoms with Crippen molar-refractivity contribution in [2.24, 2.45) is 5.41 Å². The number of amides is 1. The molecule has 1 N–H and O–H groups in total. The minimum atomic E-state index is -0.224. The Morgan fingerprint density at radius 3 is 3.04 bits per heavy atom. The number of aromatic nitrogens is 6. The maximum absolute atomic E-state index is 13.2. The van der Waals surface area contributed by atoms with Crippen molar-refractivity contribution >= 4 is 11.4 Å². The summed E-state index contributed by atoms with van der Waals surface area (Å²) in [5.41, 5.74) is 1.13. The zero-order valence-corrected chi connectivity index (χ0v) is 13.7. The zero-order chi connectivity index (χ0) is 16.7. The number of likely N-dealkylation sites (tertiary alicyclic amines) is 1. The number of piperidine rings is 1. The van der Waals surface area contributed by atoms with E-state index < -0.39 is 0 Å². The topological polar surface area (TPSA) is 92.1 Å². The number of aromatic amines is 1. The molecule has 0 aromatic carbocycles. The Labute approximate surface area is 138 Å². The van der Waals surface area contributed by atoms with Crippen LogP contribution in [0.4, 0.5) is 0 Å². The van der Waals surface area contributed by atoms with Crippen LogP contribution in [0.2, 0.25) is 0 Å². The van der Waals surface area contributed by atoms with Crippen LogP contribution in [-0.4, -0.2) is 47.4 Å². The third-order valence-corrected chi connectivity index (χ3v) is 4.79. The molecule has 3 aromatic heterocycles. The molecule has 0 spiro atoms. The van der Waals surface area contributed by atoms with Crippen molar-refractivity contribution < 1.29 is 4.79 Å². The number of tetrazole rings is 1. The molecule has 0 saturated carbocycles. The highest BCUT2D eigenvalue weighted by molar-refractivity contribution is 5.99. The zero-order valence-electron chi connectivity index (χ0n) is 13.7. The summed E-state index contributed by atoms with van der Waals surface area (Å²) in [6, 6.07) is 5.50. The third kappa shape index (κ3) is 2.26. The van der Waals surface area contributed by atoms with Crippen LogP contribution in [0.25, 0.3) is 5.52 Å². The predicted octanol–water partition coefficient (Wildman–Crippen LogP) is 1.85. The molecule has 1 aliphatic heterocycles. The lowest BCUT2D eigenvalue weighted by Gasteiger charge is -2.44. The number of carbonyl (C=O) groups excluding carboxylic acids is 1. The fourth-order valence-corrected chi connectivity index (χ4v) is 3.63. The van der Waals surface area contributed by atoms with Crippen LogP contribution in [0, 0.1) is 5.41 Å². The molecule has 0 radical (unpaired) electrons. The molecule has 1 fully saturated rings. The van der Waals surface area contributed by atoms with Crippen LogP contribution in [0.3, 0.4) is 0 Å². The number of hydrogen-bond donors (Lipinski definition) is 1. The van der Waals surface area contributed by atoms with Crippen molar-refractivity contribution in [3.05, 3.63) is 42.2 Å². The van der Waals surface area contributed by atoms with Gasteiger partial charge in [0, 0.05) is 12.7 Å². The lowest BCUT2D eigenvalue weighted by Crippen LogP contribution is -2.47. The lowest BCUT2D eigenvalue weighted by atomic mass is 9.76. The normalized spacial score (nSPS) is 20.4. The average molecular weight is 325 g/mol. The van der Waals surface area contributed by atoms with Gasteiger partial charge in [0.2, 0.25) is 0 Å². The minimum Gasteiger partial charge on any atom is -0.326 e. The Balaban J connectivity index is 1.77. The van der Waals surface area contributed by atoms with E-state index in [0.717, 1.165) is 18.4 Å². The van der Waals surface area contributed by atoms with Crippen molar-refractivity contribution in [3.63, 3.8) is 0 Å². The smallest absolute Gasteiger partial charge is 0.275 e. The van der Waals surface area contributed by atoms with Gasteiger partial charge in [0.25, 0.3) is 5.91 Å². The second kappa shape index (κ2) is 5.40. The number of H-pyrrole nitrogens is 1. The van der Waals surface area contributed by atoms with E-state index in [9.17, 15) is 4.79 Å². The van der Waals surface area contributed by atoms with E-state index in [4.69, 9.17) is 0 Å². The summed E-state index contributed by atoms with van der Waals surface area (Å²) in [5.74, 6) is 0.461. The van der Waals surface area contributed by atoms with E-state index >= 15 is 0 Å². The second-order valence-electron chi connectivity index (χ2n) is 6.85. The first-order chi connectivity index (χ1) is 11.6. The van der Waals surface area contributed by atoms with Gasteiger partial charge in [0.05, 0.1) is 5.52 Å². The highest BCUT2D eigenvalue weighted by Gasteiger charge is 2.44. The summed E-state index contributed by atoms with van der Waals surface area (Å²) in [4.78, 5) is 19.4. The van der Waals surface area contributed by atoms with Crippen LogP contribution < -0.4 is 0 Å². The Morgan fingerprint density at radius 2 is 2.25 bits per heavy atom. The highest BCUT2D eigenvalue weighted by atomic mass is 16.2. The summed E-state index contributed by atoms with van der Waals surface area (Å²) in [7, 11) is 0. The molecule has 3 aromatic rings. The molecule has 0 aliphatic carbocycles. The first kappa shape index (κ1) is 14.8. The number of nitrogens with zero attached hydrogens (tertiary/aromatic N) is 6. The van der Waals surface area contributed by atoms with Gasteiger partial charge < -0.3 is 9.30 Å². The van der Waals surface area contributed by atoms with E-state index in [1.54, 1.807) is 6.33 Å². The van der Waals surface area contributed by atoms with Gasteiger partial charge in [-0.05, 0) is 30.4 Å². The number of hydrogen-bond acceptors (Lipinski definition) is 5. The van der Waals surface area contributed by atoms with E-state index in [1.165, 1.54) is 0 Å². The third-order valence-electron chi connectivity index (χ3n) is 4.79. The van der Waals surface area contributed by atoms with Gasteiger partial charge >= 0.3 is 0 Å². The van der Waals surface area contributed by atoms with Crippen molar-refractivity contribution in [1.82, 2.24) is 34.9 Å². The predicted molar refractivity (Wildman–Crippen MR) is 86.2 cm³/mol. The van der Waals surface area contributed by atoms with Gasteiger partial charge in [0.15, 0.2) is 11.5 Å². The number of imidazole rings is 1. The fourth-order valence-electron chi connectivity index (χ4n) is 3.63. The quantitative estimate of drug-likeness (QED) is 0.776. The average Bonchev–Trinajstić information content (AvgIpc) is 3.22. The van der Waals surface area contributed by atoms with Crippen LogP contribution in [-0.2, 0) is 0 Å². The molecular formula is C16H19N7O. The number of carbonyl (C=O) groups is 1.